The van der Waals surface area contributed by atoms with Crippen molar-refractivity contribution in [1.29, 1.82) is 0 Å². The molecule has 0 atom stereocenters. The van der Waals surface area contributed by atoms with Crippen LogP contribution in [0, 0.1) is 11.9 Å². The van der Waals surface area contributed by atoms with Crippen LogP contribution in [0.2, 0.25) is 19.6 Å². The minimum absolute atomic E-state index is 0.354. The zero-order valence-electron chi connectivity index (χ0n) is 10.1. The van der Waals surface area contributed by atoms with Gasteiger partial charge in [0.05, 0.1) is 14.7 Å². The molecule has 0 aromatic carbocycles. The maximum Gasteiger partial charge on any atom is 0.215 e. The van der Waals surface area contributed by atoms with Crippen molar-refractivity contribution in [1.82, 2.24) is 4.98 Å². The van der Waals surface area contributed by atoms with E-state index in [-0.39, 0.29) is 5.95 Å². The second-order valence-corrected chi connectivity index (χ2v) is 10.5. The van der Waals surface area contributed by atoms with Gasteiger partial charge in [0.1, 0.15) is 0 Å². The number of hydrogen-bond acceptors (Lipinski definition) is 2. The Morgan fingerprint density at radius 1 is 1.38 bits per heavy atom. The van der Waals surface area contributed by atoms with Crippen molar-refractivity contribution in [2.75, 3.05) is 6.61 Å². The van der Waals surface area contributed by atoms with Crippen molar-refractivity contribution >= 4 is 13.3 Å². The summed E-state index contributed by atoms with van der Waals surface area (Å²) in [6, 6.07) is 3.62. The molecule has 16 heavy (non-hydrogen) atoms. The number of ether oxygens (including phenoxy) is 1. The summed E-state index contributed by atoms with van der Waals surface area (Å²) >= 11 is 0. The largest absolute Gasteiger partial charge is 0.477 e. The molecule has 88 valence electrons. The lowest BCUT2D eigenvalue weighted by molar-refractivity contribution is 0.284. The minimum Gasteiger partial charge on any atom is -0.477 e. The van der Waals surface area contributed by atoms with E-state index in [4.69, 9.17) is 4.74 Å². The summed E-state index contributed by atoms with van der Waals surface area (Å²) in [4.78, 5) is 3.89. The van der Waals surface area contributed by atoms with Gasteiger partial charge in [-0.2, -0.15) is 9.37 Å². The van der Waals surface area contributed by atoms with E-state index in [0.717, 1.165) is 5.19 Å². The van der Waals surface area contributed by atoms with Crippen molar-refractivity contribution in [2.45, 2.75) is 32.5 Å². The van der Waals surface area contributed by atoms with Gasteiger partial charge in [-0.1, -0.05) is 25.7 Å². The van der Waals surface area contributed by atoms with E-state index in [2.05, 4.69) is 24.6 Å². The minimum atomic E-state index is -1.63. The van der Waals surface area contributed by atoms with Gasteiger partial charge in [0, 0.05) is 6.07 Å². The first-order valence-corrected chi connectivity index (χ1v) is 9.26. The van der Waals surface area contributed by atoms with E-state index in [0.29, 0.717) is 18.4 Å². The van der Waals surface area contributed by atoms with Gasteiger partial charge in [-0.3, -0.25) is 0 Å². The molecule has 0 saturated heterocycles. The summed E-state index contributed by atoms with van der Waals surface area (Å²) in [6.07, 6.45) is 2.46. The fraction of sp³-hybridized carbons (Fsp3) is 0.583. The summed E-state index contributed by atoms with van der Waals surface area (Å²) in [5.74, 6) is 0.736. The molecule has 1 saturated carbocycles. The lowest BCUT2D eigenvalue weighted by Crippen LogP contribution is -2.40. The highest BCUT2D eigenvalue weighted by atomic mass is 28.3. The van der Waals surface area contributed by atoms with Crippen LogP contribution in [0.15, 0.2) is 12.1 Å². The van der Waals surface area contributed by atoms with Crippen molar-refractivity contribution in [3.8, 4) is 5.88 Å². The van der Waals surface area contributed by atoms with Crippen molar-refractivity contribution in [2.24, 2.45) is 5.92 Å². The maximum atomic E-state index is 13.7. The van der Waals surface area contributed by atoms with Gasteiger partial charge in [-0.25, -0.2) is 0 Å². The van der Waals surface area contributed by atoms with Gasteiger partial charge < -0.3 is 4.74 Å². The van der Waals surface area contributed by atoms with Crippen LogP contribution >= 0.6 is 0 Å². The molecule has 1 aromatic heterocycles. The fourth-order valence-corrected chi connectivity index (χ4v) is 2.80. The Morgan fingerprint density at radius 3 is 2.56 bits per heavy atom. The van der Waals surface area contributed by atoms with E-state index in [1.54, 1.807) is 6.07 Å². The van der Waals surface area contributed by atoms with Crippen LogP contribution < -0.4 is 9.92 Å². The number of hydrogen-bond donors (Lipinski definition) is 0. The summed E-state index contributed by atoms with van der Waals surface area (Å²) in [5.41, 5.74) is 0. The van der Waals surface area contributed by atoms with Gasteiger partial charge in [0.2, 0.25) is 11.8 Å². The third-order valence-corrected chi connectivity index (χ3v) is 4.78. The van der Waals surface area contributed by atoms with Crippen LogP contribution in [0.4, 0.5) is 4.39 Å². The Morgan fingerprint density at radius 2 is 2.06 bits per heavy atom. The zero-order chi connectivity index (χ0) is 11.8. The Balaban J connectivity index is 2.08. The Kier molecular flexibility index (Phi) is 3.01. The predicted octanol–water partition coefficient (Wildman–Crippen LogP) is 2.55. The van der Waals surface area contributed by atoms with Gasteiger partial charge in [0.15, 0.2) is 0 Å². The summed E-state index contributed by atoms with van der Waals surface area (Å²) in [6.45, 7) is 7.01. The molecule has 0 bridgehead atoms. The predicted molar refractivity (Wildman–Crippen MR) is 65.4 cm³/mol. The molecular formula is C12H18FNOSi. The molecule has 0 aliphatic heterocycles. The van der Waals surface area contributed by atoms with Crippen LogP contribution in [0.3, 0.4) is 0 Å². The Bertz CT molecular complexity index is 385. The number of rotatable bonds is 4. The lowest BCUT2D eigenvalue weighted by Gasteiger charge is -2.17. The van der Waals surface area contributed by atoms with Crippen LogP contribution in [-0.4, -0.2) is 19.7 Å². The van der Waals surface area contributed by atoms with Gasteiger partial charge >= 0.3 is 0 Å². The second-order valence-electron chi connectivity index (χ2n) is 5.49. The van der Waals surface area contributed by atoms with E-state index >= 15 is 0 Å². The second kappa shape index (κ2) is 4.16. The van der Waals surface area contributed by atoms with Crippen molar-refractivity contribution < 1.29 is 9.13 Å². The van der Waals surface area contributed by atoms with Gasteiger partial charge in [-0.15, -0.1) is 0 Å². The number of pyridine rings is 1. The highest BCUT2D eigenvalue weighted by Crippen LogP contribution is 2.29. The molecule has 0 N–H and O–H groups in total. The zero-order valence-corrected chi connectivity index (χ0v) is 11.1. The topological polar surface area (TPSA) is 22.1 Å². The first-order valence-electron chi connectivity index (χ1n) is 5.76. The summed E-state index contributed by atoms with van der Waals surface area (Å²) in [7, 11) is -1.63. The third-order valence-electron chi connectivity index (χ3n) is 2.80. The monoisotopic (exact) mass is 239 g/mol. The van der Waals surface area contributed by atoms with Crippen LogP contribution in [0.5, 0.6) is 5.88 Å². The molecule has 1 aromatic rings. The molecule has 1 aliphatic carbocycles. The molecule has 2 rings (SSSR count). The Labute approximate surface area is 96.9 Å². The first kappa shape index (κ1) is 11.6. The van der Waals surface area contributed by atoms with Crippen LogP contribution in [0.1, 0.15) is 12.8 Å². The fourth-order valence-electron chi connectivity index (χ4n) is 1.55. The highest BCUT2D eigenvalue weighted by molar-refractivity contribution is 6.88. The molecule has 2 nitrogen and oxygen atoms in total. The number of nitrogens with zero attached hydrogens (tertiary/aromatic N) is 1. The molecular weight excluding hydrogens is 221 g/mol. The quantitative estimate of drug-likeness (QED) is 0.595. The van der Waals surface area contributed by atoms with Gasteiger partial charge in [0.25, 0.3) is 0 Å². The third kappa shape index (κ3) is 2.81. The molecule has 0 unspecified atom stereocenters. The van der Waals surface area contributed by atoms with E-state index in [1.807, 2.05) is 6.07 Å². The maximum absolute atomic E-state index is 13.7. The molecule has 0 amide bonds. The SMILES string of the molecule is C[Si](C)(C)c1ccc(OCC2CC2)nc1F. The lowest BCUT2D eigenvalue weighted by atomic mass is 10.4. The summed E-state index contributed by atoms with van der Waals surface area (Å²) in [5, 5.41) is 0.770. The normalized spacial score (nSPS) is 16.2. The summed E-state index contributed by atoms with van der Waals surface area (Å²) < 4.78 is 19.2. The average molecular weight is 239 g/mol. The highest BCUT2D eigenvalue weighted by Gasteiger charge is 2.24. The van der Waals surface area contributed by atoms with E-state index in [1.165, 1.54) is 12.8 Å². The van der Waals surface area contributed by atoms with E-state index in [9.17, 15) is 4.39 Å². The Hall–Kier alpha value is -0.903. The average Bonchev–Trinajstić information content (AvgIpc) is 2.96. The molecule has 1 fully saturated rings. The van der Waals surface area contributed by atoms with E-state index < -0.39 is 8.07 Å². The smallest absolute Gasteiger partial charge is 0.215 e. The van der Waals surface area contributed by atoms with Crippen molar-refractivity contribution in [3.05, 3.63) is 18.1 Å². The number of halogens is 1. The molecule has 0 spiro atoms. The first-order chi connectivity index (χ1) is 7.47. The molecule has 4 heteroatoms. The van der Waals surface area contributed by atoms with Gasteiger partial charge in [-0.05, 0) is 23.9 Å². The standard InChI is InChI=1S/C12H18FNOSi/c1-16(2,3)10-6-7-11(14-12(10)13)15-8-9-4-5-9/h6-7,9H,4-5,8H2,1-3H3. The number of aromatic nitrogens is 1. The van der Waals surface area contributed by atoms with Crippen molar-refractivity contribution in [3.63, 3.8) is 0 Å². The molecule has 0 radical (unpaired) electrons. The molecule has 1 heterocycles. The molecule has 1 aliphatic rings. The van der Waals surface area contributed by atoms with Crippen LogP contribution in [0.25, 0.3) is 0 Å². The van der Waals surface area contributed by atoms with Crippen LogP contribution in [-0.2, 0) is 0 Å².